The first kappa shape index (κ1) is 55.5. The summed E-state index contributed by atoms with van der Waals surface area (Å²) in [5.74, 6) is -1.27. The number of anilines is 4. The molecule has 1 amide bonds. The lowest BCUT2D eigenvalue weighted by Crippen LogP contribution is -2.16. The van der Waals surface area contributed by atoms with Crippen LogP contribution in [-0.2, 0) is 4.79 Å². The summed E-state index contributed by atoms with van der Waals surface area (Å²) in [4.78, 5) is 59.4. The molecule has 4 heterocycles. The number of aldehydes is 1. The third-order valence-electron chi connectivity index (χ3n) is 10.3. The van der Waals surface area contributed by atoms with Gasteiger partial charge >= 0.3 is 12.1 Å². The summed E-state index contributed by atoms with van der Waals surface area (Å²) in [7, 11) is 0. The molecule has 3 aromatic carbocycles. The fourth-order valence-electron chi connectivity index (χ4n) is 6.27. The minimum absolute atomic E-state index is 0.155. The molecule has 72 heavy (non-hydrogen) atoms. The lowest BCUT2D eigenvalue weighted by molar-refractivity contribution is -0.156. The highest BCUT2D eigenvalue weighted by atomic mass is 35.5. The van der Waals surface area contributed by atoms with Crippen molar-refractivity contribution in [1.29, 1.82) is 0 Å². The highest BCUT2D eigenvalue weighted by molar-refractivity contribution is 6.40. The molecule has 0 unspecified atom stereocenters. The van der Waals surface area contributed by atoms with Gasteiger partial charge in [0, 0.05) is 36.7 Å². The van der Waals surface area contributed by atoms with Crippen molar-refractivity contribution in [3.05, 3.63) is 138 Å². The second kappa shape index (κ2) is 26.1. The van der Waals surface area contributed by atoms with Gasteiger partial charge in [0.25, 0.3) is 5.91 Å². The van der Waals surface area contributed by atoms with Crippen molar-refractivity contribution < 1.29 is 45.8 Å². The van der Waals surface area contributed by atoms with Gasteiger partial charge in [-0.1, -0.05) is 0 Å². The summed E-state index contributed by atoms with van der Waals surface area (Å²) >= 11 is 9.53. The molecule has 7 aromatic rings. The van der Waals surface area contributed by atoms with Crippen LogP contribution < -0.4 is 21.7 Å². The summed E-state index contributed by atoms with van der Waals surface area (Å²) < 4.78 is 73.0. The quantitative estimate of drug-likeness (QED) is 0.0392. The van der Waals surface area contributed by atoms with Gasteiger partial charge in [-0.3, -0.25) is 9.59 Å². The van der Waals surface area contributed by atoms with Gasteiger partial charge in [0.1, 0.15) is 42.3 Å². The minimum atomic E-state index is -4.64. The van der Waals surface area contributed by atoms with E-state index in [-0.39, 0.29) is 34.3 Å². The summed E-state index contributed by atoms with van der Waals surface area (Å²) in [5, 5.41) is 17.8. The molecule has 0 aliphatic heterocycles. The molecule has 3 aliphatic rings. The van der Waals surface area contributed by atoms with E-state index in [0.29, 0.717) is 52.1 Å². The number of hydrogen-bond donors (Lipinski definition) is 5. The van der Waals surface area contributed by atoms with Crippen molar-refractivity contribution in [3.63, 3.8) is 0 Å². The zero-order chi connectivity index (χ0) is 52.5. The van der Waals surface area contributed by atoms with Crippen LogP contribution in [-0.4, -0.2) is 86.3 Å². The number of carbonyl (C=O) groups is 3. The summed E-state index contributed by atoms with van der Waals surface area (Å²) in [6, 6.07) is 14.7. The number of nitrogen functional groups attached to an aromatic ring is 1. The number of alkyl halides is 5. The topological polar surface area (TPSA) is 229 Å². The molecule has 3 aliphatic carbocycles. The van der Waals surface area contributed by atoms with Crippen molar-refractivity contribution in [2.24, 2.45) is 0 Å². The van der Waals surface area contributed by atoms with Crippen molar-refractivity contribution in [1.82, 2.24) is 39.5 Å². The highest BCUT2D eigenvalue weighted by Gasteiger charge is 2.30. The van der Waals surface area contributed by atoms with Gasteiger partial charge in [-0.25, -0.2) is 52.9 Å². The fourth-order valence-corrected chi connectivity index (χ4v) is 6.27. The number of nitrogens with zero attached hydrogens (tertiary/aromatic N) is 8. The van der Waals surface area contributed by atoms with Crippen molar-refractivity contribution >= 4 is 75.1 Å². The van der Waals surface area contributed by atoms with Gasteiger partial charge in [0.05, 0.1) is 72.9 Å². The predicted octanol–water partition coefficient (Wildman–Crippen LogP) is 10.7. The second-order valence-corrected chi connectivity index (χ2v) is 16.8. The Morgan fingerprint density at radius 1 is 0.722 bits per heavy atom. The Morgan fingerprint density at radius 3 is 1.71 bits per heavy atom. The number of aryl methyl sites for hydroxylation is 3. The number of halogens is 8. The Kier molecular flexibility index (Phi) is 20.1. The molecular weight excluding hydrogens is 994 g/mol. The molecule has 24 heteroatoms. The molecule has 0 bridgehead atoms. The minimum Gasteiger partial charge on any atom is -0.478 e. The number of nitrogens with two attached hydrogens (primary N) is 1. The molecule has 0 radical (unpaired) electrons. The smallest absolute Gasteiger partial charge is 0.446 e. The number of aromatic carboxylic acids is 1. The molecule has 16 nitrogen and oxygen atoms in total. The predicted molar refractivity (Wildman–Crippen MR) is 261 cm³/mol. The molecule has 4 aromatic heterocycles. The number of benzene rings is 3. The molecule has 10 rings (SSSR count). The average Bonchev–Trinajstić information content (AvgIpc) is 4.23. The molecular formula is C48H48Cl2F6N12O4. The van der Waals surface area contributed by atoms with Crippen LogP contribution in [0.15, 0.2) is 92.2 Å². The number of imidazole rings is 1. The van der Waals surface area contributed by atoms with Crippen LogP contribution in [0.25, 0.3) is 22.4 Å². The zero-order valence-electron chi connectivity index (χ0n) is 38.8. The molecule has 380 valence electrons. The maximum atomic E-state index is 13.5. The maximum Gasteiger partial charge on any atom is 0.446 e. The Labute approximate surface area is 418 Å². The first-order chi connectivity index (χ1) is 34.3. The monoisotopic (exact) mass is 1040 g/mol. The average molecular weight is 1040 g/mol. The van der Waals surface area contributed by atoms with Crippen LogP contribution in [0.2, 0.25) is 0 Å². The Hall–Kier alpha value is -7.46. The van der Waals surface area contributed by atoms with Gasteiger partial charge < -0.3 is 31.4 Å². The summed E-state index contributed by atoms with van der Waals surface area (Å²) in [6.45, 7) is 5.31. The van der Waals surface area contributed by atoms with Crippen LogP contribution in [0.4, 0.5) is 49.1 Å². The van der Waals surface area contributed by atoms with Gasteiger partial charge in [-0.15, -0.1) is 23.2 Å². The summed E-state index contributed by atoms with van der Waals surface area (Å²) in [5.41, 5.74) is 13.2. The third-order valence-corrected chi connectivity index (χ3v) is 10.3. The molecule has 3 saturated carbocycles. The molecule has 0 atom stereocenters. The molecule has 0 spiro atoms. The Bertz CT molecular complexity index is 2960. The Balaban J connectivity index is 0.000000174. The van der Waals surface area contributed by atoms with E-state index in [0.717, 1.165) is 72.3 Å². The first-order valence-electron chi connectivity index (χ1n) is 21.9. The highest BCUT2D eigenvalue weighted by Crippen LogP contribution is 2.41. The number of hydrogen-bond acceptors (Lipinski definition) is 13. The number of carboxylic acid groups (broad SMARTS) is 1. The lowest BCUT2D eigenvalue weighted by atomic mass is 10.2. The summed E-state index contributed by atoms with van der Waals surface area (Å²) in [6.07, 6.45) is 9.75. The van der Waals surface area contributed by atoms with Gasteiger partial charge in [-0.2, -0.15) is 13.2 Å². The van der Waals surface area contributed by atoms with E-state index in [4.69, 9.17) is 38.8 Å². The van der Waals surface area contributed by atoms with Crippen molar-refractivity contribution in [2.75, 3.05) is 27.0 Å². The molecule has 0 saturated heterocycles. The fraction of sp³-hybridized carbons (Fsp3) is 0.292. The van der Waals surface area contributed by atoms with Crippen LogP contribution >= 0.6 is 23.2 Å². The number of carbonyl (C=O) groups excluding carboxylic acids is 2. The van der Waals surface area contributed by atoms with Crippen LogP contribution in [0.5, 0.6) is 0 Å². The standard InChI is InChI=1S/C15H15FN4O.C15H13FN4.C9H11FN2.C6H6N2O2.C2HF3O.CH2Cl2/c1-9-12(7-17-8-18-9)15(21)20-13-5-2-10(16)6-14(13)19-11-3-4-11;1-9-12(7-17-8-18-9)15-19-13-5-2-10(16)6-14(13)20(15)11-3-4-11;10-6-1-4-8(11)9(5-6)12-7-2-3-7;1-4-5(6(9)10)2-7-3-8-4;3-2(4,5)1-6;2-1-3/h2,5-8,11,19H,3-4H2,1H3,(H,20,21);2,5-8,11H,3-4H2,1H3;1,4-5,7,12H,2-3,11H2;2-3H,1H3,(H,9,10);1H;1H2. The van der Waals surface area contributed by atoms with E-state index in [1.165, 1.54) is 61.7 Å². The second-order valence-electron chi connectivity index (χ2n) is 16.0. The first-order valence-corrected chi connectivity index (χ1v) is 22.9. The van der Waals surface area contributed by atoms with Gasteiger partial charge in [-0.05, 0) is 114 Å². The van der Waals surface area contributed by atoms with Crippen molar-refractivity contribution in [2.45, 2.75) is 83.6 Å². The normalized spacial score (nSPS) is 13.3. The number of rotatable bonds is 9. The van der Waals surface area contributed by atoms with Gasteiger partial charge in [0.15, 0.2) is 0 Å². The van der Waals surface area contributed by atoms with E-state index in [9.17, 15) is 35.9 Å². The molecule has 6 N–H and O–H groups in total. The number of amides is 1. The van der Waals surface area contributed by atoms with E-state index in [2.05, 4.69) is 55.4 Å². The van der Waals surface area contributed by atoms with E-state index in [1.807, 2.05) is 6.92 Å². The Morgan fingerprint density at radius 2 is 1.21 bits per heavy atom. The number of carboxylic acids is 1. The van der Waals surface area contributed by atoms with Gasteiger partial charge in [0.2, 0.25) is 6.29 Å². The van der Waals surface area contributed by atoms with Crippen molar-refractivity contribution in [3.8, 4) is 11.4 Å². The van der Waals surface area contributed by atoms with Crippen LogP contribution in [0.3, 0.4) is 0 Å². The number of nitrogens with one attached hydrogen (secondary N) is 3. The largest absolute Gasteiger partial charge is 0.478 e. The van der Waals surface area contributed by atoms with E-state index < -0.39 is 18.4 Å². The number of fused-ring (bicyclic) bond motifs is 1. The zero-order valence-corrected chi connectivity index (χ0v) is 40.3. The number of aromatic nitrogens is 8. The lowest BCUT2D eigenvalue weighted by Gasteiger charge is -2.13. The third kappa shape index (κ3) is 17.4. The van der Waals surface area contributed by atoms with E-state index >= 15 is 0 Å². The van der Waals surface area contributed by atoms with E-state index in [1.54, 1.807) is 44.3 Å². The maximum absolute atomic E-state index is 13.5. The van der Waals surface area contributed by atoms with Crippen LogP contribution in [0.1, 0.15) is 82.4 Å². The SMILES string of the molecule is Cc1ncncc1-c1nc2ccc(F)cc2n1C1CC1.Cc1ncncc1C(=O)Nc1ccc(F)cc1NC1CC1.Cc1ncncc1C(=O)O.ClCCl.Nc1ccc(F)cc1NC1CC1.O=CC(F)(F)F. The van der Waals surface area contributed by atoms with Crippen LogP contribution in [0, 0.1) is 38.2 Å². The molecule has 3 fully saturated rings.